The fourth-order valence-corrected chi connectivity index (χ4v) is 0.614. The molecule has 0 saturated heterocycles. The maximum Gasteiger partial charge on any atom is 0.0178 e. The normalized spacial score (nSPS) is 9.08. The maximum absolute atomic E-state index is 5.35. The van der Waals surface area contributed by atoms with Crippen LogP contribution >= 0.6 is 0 Å². The molecule has 1 rings (SSSR count). The molecule has 0 fully saturated rings. The standard InChI is InChI=1S/C7H9N.C3H9N/c8-6-7-4-2-1-3-5-7;1-4(2)3/h1-5H,6,8H2;1-3H3. The second-order valence-corrected chi connectivity index (χ2v) is 3.03. The van der Waals surface area contributed by atoms with Gasteiger partial charge in [-0.3, -0.25) is 0 Å². The van der Waals surface area contributed by atoms with Gasteiger partial charge in [0.15, 0.2) is 0 Å². The first-order valence-corrected chi connectivity index (χ1v) is 4.01. The molecule has 1 aromatic rings. The van der Waals surface area contributed by atoms with E-state index in [1.165, 1.54) is 5.56 Å². The van der Waals surface area contributed by atoms with Crippen LogP contribution in [-0.2, 0) is 6.54 Å². The molecular formula is C10H18N2. The van der Waals surface area contributed by atoms with Crippen molar-refractivity contribution in [2.45, 2.75) is 6.54 Å². The molecule has 0 unspecified atom stereocenters. The van der Waals surface area contributed by atoms with Gasteiger partial charge in [-0.05, 0) is 26.7 Å². The Bertz CT molecular complexity index is 180. The van der Waals surface area contributed by atoms with Crippen LogP contribution in [0.1, 0.15) is 5.56 Å². The minimum absolute atomic E-state index is 0.640. The summed E-state index contributed by atoms with van der Waals surface area (Å²) in [5.41, 5.74) is 6.54. The van der Waals surface area contributed by atoms with Gasteiger partial charge in [-0.1, -0.05) is 30.3 Å². The van der Waals surface area contributed by atoms with Crippen LogP contribution in [-0.4, -0.2) is 26.0 Å². The van der Waals surface area contributed by atoms with Crippen molar-refractivity contribution in [3.8, 4) is 0 Å². The van der Waals surface area contributed by atoms with E-state index >= 15 is 0 Å². The fraction of sp³-hybridized carbons (Fsp3) is 0.400. The zero-order valence-electron chi connectivity index (χ0n) is 8.12. The molecule has 0 atom stereocenters. The smallest absolute Gasteiger partial charge is 0.0178 e. The summed E-state index contributed by atoms with van der Waals surface area (Å²) in [7, 11) is 6.00. The first kappa shape index (κ1) is 11.1. The summed E-state index contributed by atoms with van der Waals surface area (Å²) in [5, 5.41) is 0. The van der Waals surface area contributed by atoms with Crippen LogP contribution in [0, 0.1) is 0 Å². The van der Waals surface area contributed by atoms with E-state index in [1.807, 2.05) is 56.4 Å². The zero-order chi connectivity index (χ0) is 9.40. The van der Waals surface area contributed by atoms with Crippen LogP contribution in [0.4, 0.5) is 0 Å². The monoisotopic (exact) mass is 166 g/mol. The number of hydrogen-bond donors (Lipinski definition) is 1. The van der Waals surface area contributed by atoms with Crippen LogP contribution in [0.5, 0.6) is 0 Å². The van der Waals surface area contributed by atoms with Gasteiger partial charge in [-0.15, -0.1) is 0 Å². The predicted molar refractivity (Wildman–Crippen MR) is 53.9 cm³/mol. The van der Waals surface area contributed by atoms with E-state index in [-0.39, 0.29) is 0 Å². The van der Waals surface area contributed by atoms with Gasteiger partial charge in [-0.25, -0.2) is 0 Å². The third kappa shape index (κ3) is 7.25. The Morgan fingerprint density at radius 1 is 1.08 bits per heavy atom. The van der Waals surface area contributed by atoms with Crippen molar-refractivity contribution in [1.82, 2.24) is 4.90 Å². The Balaban J connectivity index is 0.000000261. The van der Waals surface area contributed by atoms with E-state index in [4.69, 9.17) is 5.73 Å². The van der Waals surface area contributed by atoms with Gasteiger partial charge in [0.1, 0.15) is 0 Å². The molecule has 0 heterocycles. The van der Waals surface area contributed by atoms with E-state index < -0.39 is 0 Å². The number of nitrogens with zero attached hydrogens (tertiary/aromatic N) is 1. The molecule has 2 heteroatoms. The summed E-state index contributed by atoms with van der Waals surface area (Å²) in [6.07, 6.45) is 0. The number of nitrogens with two attached hydrogens (primary N) is 1. The minimum Gasteiger partial charge on any atom is -0.326 e. The van der Waals surface area contributed by atoms with Crippen molar-refractivity contribution < 1.29 is 0 Å². The highest BCUT2D eigenvalue weighted by Crippen LogP contribution is 1.94. The molecule has 68 valence electrons. The molecule has 0 amide bonds. The van der Waals surface area contributed by atoms with Crippen molar-refractivity contribution >= 4 is 0 Å². The summed E-state index contributed by atoms with van der Waals surface area (Å²) in [5.74, 6) is 0. The molecule has 2 N–H and O–H groups in total. The van der Waals surface area contributed by atoms with E-state index in [9.17, 15) is 0 Å². The highest BCUT2D eigenvalue weighted by molar-refractivity contribution is 5.13. The van der Waals surface area contributed by atoms with Crippen LogP contribution in [0.15, 0.2) is 30.3 Å². The molecule has 0 aliphatic heterocycles. The second kappa shape index (κ2) is 6.83. The Labute approximate surface area is 75.0 Å². The van der Waals surface area contributed by atoms with Crippen LogP contribution < -0.4 is 5.73 Å². The number of rotatable bonds is 1. The van der Waals surface area contributed by atoms with Gasteiger partial charge in [-0.2, -0.15) is 0 Å². The fourth-order valence-electron chi connectivity index (χ4n) is 0.614. The second-order valence-electron chi connectivity index (χ2n) is 3.03. The average Bonchev–Trinajstić information content (AvgIpc) is 2.05. The van der Waals surface area contributed by atoms with Gasteiger partial charge in [0.2, 0.25) is 0 Å². The summed E-state index contributed by atoms with van der Waals surface area (Å²) >= 11 is 0. The number of benzene rings is 1. The lowest BCUT2D eigenvalue weighted by atomic mass is 10.2. The Morgan fingerprint density at radius 2 is 1.50 bits per heavy atom. The number of hydrogen-bond acceptors (Lipinski definition) is 2. The third-order valence-corrected chi connectivity index (χ3v) is 1.08. The molecule has 1 aromatic carbocycles. The lowest BCUT2D eigenvalue weighted by molar-refractivity contribution is 0.505. The van der Waals surface area contributed by atoms with Crippen LogP contribution in [0.2, 0.25) is 0 Å². The topological polar surface area (TPSA) is 29.3 Å². The molecule has 0 bridgehead atoms. The lowest BCUT2D eigenvalue weighted by Crippen LogP contribution is -1.99. The van der Waals surface area contributed by atoms with Crippen molar-refractivity contribution in [3.63, 3.8) is 0 Å². The molecule has 0 saturated carbocycles. The average molecular weight is 166 g/mol. The van der Waals surface area contributed by atoms with E-state index in [2.05, 4.69) is 0 Å². The molecular weight excluding hydrogens is 148 g/mol. The van der Waals surface area contributed by atoms with Crippen molar-refractivity contribution in [2.75, 3.05) is 21.1 Å². The Morgan fingerprint density at radius 3 is 1.75 bits per heavy atom. The largest absolute Gasteiger partial charge is 0.326 e. The summed E-state index contributed by atoms with van der Waals surface area (Å²) in [6, 6.07) is 9.99. The first-order chi connectivity index (χ1) is 5.66. The van der Waals surface area contributed by atoms with Gasteiger partial charge in [0.05, 0.1) is 0 Å². The highest BCUT2D eigenvalue weighted by atomic mass is 15.0. The van der Waals surface area contributed by atoms with E-state index in [0.717, 1.165) is 0 Å². The third-order valence-electron chi connectivity index (χ3n) is 1.08. The quantitative estimate of drug-likeness (QED) is 0.682. The molecule has 2 nitrogen and oxygen atoms in total. The van der Waals surface area contributed by atoms with Crippen molar-refractivity contribution in [1.29, 1.82) is 0 Å². The Hall–Kier alpha value is -0.860. The van der Waals surface area contributed by atoms with E-state index in [0.29, 0.717) is 6.54 Å². The van der Waals surface area contributed by atoms with Gasteiger partial charge in [0.25, 0.3) is 0 Å². The van der Waals surface area contributed by atoms with Crippen molar-refractivity contribution in [2.24, 2.45) is 5.73 Å². The van der Waals surface area contributed by atoms with Crippen LogP contribution in [0.25, 0.3) is 0 Å². The summed E-state index contributed by atoms with van der Waals surface area (Å²) in [6.45, 7) is 0.640. The highest BCUT2D eigenvalue weighted by Gasteiger charge is 1.80. The Kier molecular flexibility index (Phi) is 6.34. The minimum atomic E-state index is 0.640. The van der Waals surface area contributed by atoms with Crippen molar-refractivity contribution in [3.05, 3.63) is 35.9 Å². The molecule has 12 heavy (non-hydrogen) atoms. The van der Waals surface area contributed by atoms with E-state index in [1.54, 1.807) is 0 Å². The molecule has 0 aliphatic carbocycles. The van der Waals surface area contributed by atoms with Gasteiger partial charge in [0, 0.05) is 6.54 Å². The summed E-state index contributed by atoms with van der Waals surface area (Å²) in [4.78, 5) is 2.00. The van der Waals surface area contributed by atoms with Gasteiger partial charge >= 0.3 is 0 Å². The molecule has 0 radical (unpaired) electrons. The SMILES string of the molecule is CN(C)C.NCc1ccccc1. The molecule has 0 aliphatic rings. The van der Waals surface area contributed by atoms with Crippen LogP contribution in [0.3, 0.4) is 0 Å². The lowest BCUT2D eigenvalue weighted by Gasteiger charge is -1.90. The zero-order valence-corrected chi connectivity index (χ0v) is 8.12. The first-order valence-electron chi connectivity index (χ1n) is 4.01. The summed E-state index contributed by atoms with van der Waals surface area (Å²) < 4.78 is 0. The predicted octanol–water partition coefficient (Wildman–Crippen LogP) is 1.32. The molecule has 0 aromatic heterocycles. The molecule has 0 spiro atoms. The van der Waals surface area contributed by atoms with Gasteiger partial charge < -0.3 is 10.6 Å². The maximum atomic E-state index is 5.35.